The quantitative estimate of drug-likeness (QED) is 0.755. The summed E-state index contributed by atoms with van der Waals surface area (Å²) in [7, 11) is -0.875. The molecule has 0 fully saturated rings. The van der Waals surface area contributed by atoms with Crippen molar-refractivity contribution in [1.29, 1.82) is 0 Å². The minimum absolute atomic E-state index is 0.0216. The molecular weight excluding hydrogens is 366 g/mol. The molecule has 0 saturated carbocycles. The molecule has 0 aliphatic rings. The molecule has 2 aromatic carbocycles. The van der Waals surface area contributed by atoms with Gasteiger partial charge in [-0.1, -0.05) is 23.7 Å². The summed E-state index contributed by atoms with van der Waals surface area (Å²) in [5, 5.41) is 0.305. The van der Waals surface area contributed by atoms with E-state index in [1.165, 1.54) is 19.2 Å². The van der Waals surface area contributed by atoms with Crippen LogP contribution in [0, 0.1) is 0 Å². The first-order chi connectivity index (χ1) is 11.9. The molecule has 0 heterocycles. The molecule has 0 bridgehead atoms. The fourth-order valence-corrected chi connectivity index (χ4v) is 3.84. The number of hydrogen-bond acceptors (Lipinski definition) is 5. The second-order valence-corrected chi connectivity index (χ2v) is 7.40. The lowest BCUT2D eigenvalue weighted by molar-refractivity contribution is 0.271. The number of hydrogen-bond donors (Lipinski definition) is 1. The van der Waals surface area contributed by atoms with Crippen LogP contribution in [0.15, 0.2) is 47.4 Å². The van der Waals surface area contributed by atoms with Gasteiger partial charge in [-0.25, -0.2) is 13.1 Å². The van der Waals surface area contributed by atoms with E-state index in [0.717, 1.165) is 0 Å². The van der Waals surface area contributed by atoms with Crippen molar-refractivity contribution in [3.05, 3.63) is 47.5 Å². The second kappa shape index (κ2) is 8.42. The Morgan fingerprint density at radius 1 is 1.04 bits per heavy atom. The molecule has 0 aromatic heterocycles. The van der Waals surface area contributed by atoms with Gasteiger partial charge < -0.3 is 14.2 Å². The Hall–Kier alpha value is -1.96. The largest absolute Gasteiger partial charge is 0.495 e. The molecule has 0 aliphatic heterocycles. The number of methoxy groups -OCH3 is 2. The van der Waals surface area contributed by atoms with Crippen LogP contribution in [0.1, 0.15) is 6.92 Å². The Labute approximate surface area is 152 Å². The maximum Gasteiger partial charge on any atom is 0.244 e. The topological polar surface area (TPSA) is 73.9 Å². The van der Waals surface area contributed by atoms with Crippen molar-refractivity contribution in [2.75, 3.05) is 20.8 Å². The van der Waals surface area contributed by atoms with Crippen molar-refractivity contribution in [1.82, 2.24) is 4.72 Å². The monoisotopic (exact) mass is 385 g/mol. The van der Waals surface area contributed by atoms with E-state index in [4.69, 9.17) is 25.8 Å². The fourth-order valence-electron chi connectivity index (χ4n) is 2.18. The predicted molar refractivity (Wildman–Crippen MR) is 96.3 cm³/mol. The summed E-state index contributed by atoms with van der Waals surface area (Å²) in [6.45, 7) is 1.83. The predicted octanol–water partition coefficient (Wildman–Crippen LogP) is 3.10. The van der Waals surface area contributed by atoms with Crippen LogP contribution in [0.4, 0.5) is 0 Å². The van der Waals surface area contributed by atoms with E-state index >= 15 is 0 Å². The SMILES string of the molecule is COc1ccccc1OC[C@H](C)NS(=O)(=O)c1cc(Cl)ccc1OC. The second-order valence-electron chi connectivity index (χ2n) is 5.28. The maximum atomic E-state index is 12.6. The third kappa shape index (κ3) is 5.01. The lowest BCUT2D eigenvalue weighted by Gasteiger charge is -2.17. The van der Waals surface area contributed by atoms with Crippen molar-refractivity contribution < 1.29 is 22.6 Å². The first-order valence-electron chi connectivity index (χ1n) is 7.49. The summed E-state index contributed by atoms with van der Waals surface area (Å²) in [6.07, 6.45) is 0. The molecular formula is C17H20ClNO5S. The Morgan fingerprint density at radius 3 is 2.32 bits per heavy atom. The molecule has 0 saturated heterocycles. The molecule has 136 valence electrons. The van der Waals surface area contributed by atoms with E-state index in [1.54, 1.807) is 32.2 Å². The van der Waals surface area contributed by atoms with Crippen molar-refractivity contribution in [2.45, 2.75) is 17.9 Å². The maximum absolute atomic E-state index is 12.6. The van der Waals surface area contributed by atoms with Gasteiger partial charge in [-0.15, -0.1) is 0 Å². The molecule has 0 spiro atoms. The van der Waals surface area contributed by atoms with Gasteiger partial charge in [0.05, 0.1) is 20.3 Å². The molecule has 2 aromatic rings. The van der Waals surface area contributed by atoms with Crippen molar-refractivity contribution in [2.24, 2.45) is 0 Å². The van der Waals surface area contributed by atoms with Crippen LogP contribution in [0.3, 0.4) is 0 Å². The van der Waals surface area contributed by atoms with Crippen molar-refractivity contribution in [3.8, 4) is 17.2 Å². The first-order valence-corrected chi connectivity index (χ1v) is 9.35. The summed E-state index contributed by atoms with van der Waals surface area (Å²) in [6, 6.07) is 11.1. The third-order valence-corrected chi connectivity index (χ3v) is 5.18. The van der Waals surface area contributed by atoms with E-state index in [0.29, 0.717) is 16.5 Å². The van der Waals surface area contributed by atoms with Crippen LogP contribution in [0.5, 0.6) is 17.2 Å². The Morgan fingerprint density at radius 2 is 1.68 bits per heavy atom. The standard InChI is InChI=1S/C17H20ClNO5S/c1-12(11-24-15-7-5-4-6-14(15)22-2)19-25(20,21)17-10-13(18)8-9-16(17)23-3/h4-10,12,19H,11H2,1-3H3/t12-/m0/s1. The zero-order valence-electron chi connectivity index (χ0n) is 14.2. The van der Waals surface area contributed by atoms with Crippen LogP contribution in [-0.2, 0) is 10.0 Å². The lowest BCUT2D eigenvalue weighted by Crippen LogP contribution is -2.37. The van der Waals surface area contributed by atoms with Gasteiger partial charge in [0, 0.05) is 5.02 Å². The van der Waals surface area contributed by atoms with Gasteiger partial charge >= 0.3 is 0 Å². The highest BCUT2D eigenvalue weighted by Gasteiger charge is 2.22. The number of rotatable bonds is 8. The molecule has 0 aliphatic carbocycles. The van der Waals surface area contributed by atoms with Crippen LogP contribution < -0.4 is 18.9 Å². The van der Waals surface area contributed by atoms with Gasteiger partial charge in [-0.3, -0.25) is 0 Å². The molecule has 25 heavy (non-hydrogen) atoms. The van der Waals surface area contributed by atoms with E-state index in [-0.39, 0.29) is 17.3 Å². The number of nitrogens with one attached hydrogen (secondary N) is 1. The zero-order valence-corrected chi connectivity index (χ0v) is 15.7. The van der Waals surface area contributed by atoms with E-state index < -0.39 is 16.1 Å². The molecule has 0 unspecified atom stereocenters. The lowest BCUT2D eigenvalue weighted by atomic mass is 10.3. The Bertz CT molecular complexity index is 826. The molecule has 2 rings (SSSR count). The van der Waals surface area contributed by atoms with E-state index in [1.807, 2.05) is 12.1 Å². The van der Waals surface area contributed by atoms with Gasteiger partial charge in [-0.05, 0) is 37.3 Å². The highest BCUT2D eigenvalue weighted by atomic mass is 35.5. The summed E-state index contributed by atoms with van der Waals surface area (Å²) in [4.78, 5) is -0.0216. The average molecular weight is 386 g/mol. The number of halogens is 1. The van der Waals surface area contributed by atoms with Gasteiger partial charge in [0.1, 0.15) is 17.3 Å². The molecule has 0 radical (unpaired) electrons. The minimum atomic E-state index is -3.82. The van der Waals surface area contributed by atoms with Gasteiger partial charge in [0.15, 0.2) is 11.5 Å². The molecule has 1 N–H and O–H groups in total. The molecule has 6 nitrogen and oxygen atoms in total. The smallest absolute Gasteiger partial charge is 0.244 e. The van der Waals surface area contributed by atoms with Crippen LogP contribution in [0.2, 0.25) is 5.02 Å². The number of sulfonamides is 1. The summed E-state index contributed by atoms with van der Waals surface area (Å²) >= 11 is 5.90. The average Bonchev–Trinajstić information content (AvgIpc) is 2.59. The highest BCUT2D eigenvalue weighted by molar-refractivity contribution is 7.89. The van der Waals surface area contributed by atoms with Gasteiger partial charge in [0.25, 0.3) is 0 Å². The van der Waals surface area contributed by atoms with E-state index in [9.17, 15) is 8.42 Å². The normalized spacial score (nSPS) is 12.5. The molecule has 1 atom stereocenters. The molecule has 0 amide bonds. The molecule has 8 heteroatoms. The number of benzene rings is 2. The van der Waals surface area contributed by atoms with E-state index in [2.05, 4.69) is 4.72 Å². The summed E-state index contributed by atoms with van der Waals surface area (Å²) in [5.41, 5.74) is 0. The minimum Gasteiger partial charge on any atom is -0.495 e. The number of ether oxygens (including phenoxy) is 3. The van der Waals surface area contributed by atoms with Crippen LogP contribution in [-0.4, -0.2) is 35.3 Å². The number of para-hydroxylation sites is 2. The summed E-state index contributed by atoms with van der Waals surface area (Å²) < 4.78 is 43.6. The Balaban J connectivity index is 2.09. The van der Waals surface area contributed by atoms with Crippen molar-refractivity contribution in [3.63, 3.8) is 0 Å². The zero-order chi connectivity index (χ0) is 18.4. The first kappa shape index (κ1) is 19.4. The van der Waals surface area contributed by atoms with Crippen LogP contribution in [0.25, 0.3) is 0 Å². The third-order valence-electron chi connectivity index (χ3n) is 3.33. The van der Waals surface area contributed by atoms with Crippen LogP contribution >= 0.6 is 11.6 Å². The Kier molecular flexibility index (Phi) is 6.52. The highest BCUT2D eigenvalue weighted by Crippen LogP contribution is 2.28. The summed E-state index contributed by atoms with van der Waals surface area (Å²) in [5.74, 6) is 1.33. The van der Waals surface area contributed by atoms with Crippen molar-refractivity contribution >= 4 is 21.6 Å². The fraction of sp³-hybridized carbons (Fsp3) is 0.294. The van der Waals surface area contributed by atoms with Gasteiger partial charge in [-0.2, -0.15) is 0 Å². The van der Waals surface area contributed by atoms with Gasteiger partial charge in [0.2, 0.25) is 10.0 Å².